The number of urea groups is 1. The maximum Gasteiger partial charge on any atom is 0.317 e. The van der Waals surface area contributed by atoms with Crippen molar-refractivity contribution in [3.05, 3.63) is 48.0 Å². The highest BCUT2D eigenvalue weighted by Crippen LogP contribution is 2.27. The van der Waals surface area contributed by atoms with Crippen molar-refractivity contribution >= 4 is 6.03 Å². The van der Waals surface area contributed by atoms with E-state index in [0.29, 0.717) is 5.69 Å². The maximum atomic E-state index is 13.2. The highest BCUT2D eigenvalue weighted by Gasteiger charge is 2.35. The molecule has 1 N–H and O–H groups in total. The summed E-state index contributed by atoms with van der Waals surface area (Å²) in [6, 6.07) is 5.19. The lowest BCUT2D eigenvalue weighted by atomic mass is 10.1. The molecule has 134 valence electrons. The monoisotopic (exact) mass is 352 g/mol. The summed E-state index contributed by atoms with van der Waals surface area (Å²) in [5.41, 5.74) is 1.46. The molecule has 1 aromatic heterocycles. The molecule has 1 aromatic carbocycles. The number of alkyl halides is 2. The Bertz CT molecular complexity index is 735. The van der Waals surface area contributed by atoms with Crippen LogP contribution < -0.4 is 5.32 Å². The molecular weight excluding hydrogens is 333 g/mol. The first-order chi connectivity index (χ1) is 11.8. The smallest absolute Gasteiger partial charge is 0.317 e. The Morgan fingerprint density at radius 1 is 1.24 bits per heavy atom. The second kappa shape index (κ2) is 6.78. The summed E-state index contributed by atoms with van der Waals surface area (Å²) in [6.45, 7) is 1.88. The van der Waals surface area contributed by atoms with E-state index in [-0.39, 0.29) is 43.8 Å². The molecule has 1 saturated heterocycles. The average molecular weight is 352 g/mol. The Hall–Kier alpha value is -2.51. The van der Waals surface area contributed by atoms with Crippen LogP contribution in [0.5, 0.6) is 0 Å². The number of piperidine rings is 1. The highest BCUT2D eigenvalue weighted by molar-refractivity contribution is 5.74. The molecule has 2 aromatic rings. The molecule has 0 saturated carbocycles. The SMILES string of the molecule is C[C@@H](NC(=O)N1CCC(F)(F)CC1)c1cnn(-c2ccc(F)cc2)c1. The van der Waals surface area contributed by atoms with E-state index in [1.165, 1.54) is 17.0 Å². The predicted molar refractivity (Wildman–Crippen MR) is 86.2 cm³/mol. The lowest BCUT2D eigenvalue weighted by Crippen LogP contribution is -2.47. The summed E-state index contributed by atoms with van der Waals surface area (Å²) in [5.74, 6) is -3.01. The molecule has 0 unspecified atom stereocenters. The van der Waals surface area contributed by atoms with Gasteiger partial charge in [0.05, 0.1) is 17.9 Å². The van der Waals surface area contributed by atoms with E-state index in [0.717, 1.165) is 5.56 Å². The van der Waals surface area contributed by atoms with E-state index >= 15 is 0 Å². The summed E-state index contributed by atoms with van der Waals surface area (Å²) >= 11 is 0. The average Bonchev–Trinajstić information content (AvgIpc) is 3.05. The molecule has 1 atom stereocenters. The highest BCUT2D eigenvalue weighted by atomic mass is 19.3. The van der Waals surface area contributed by atoms with Crippen LogP contribution in [0.3, 0.4) is 0 Å². The Morgan fingerprint density at radius 2 is 1.88 bits per heavy atom. The molecule has 1 aliphatic heterocycles. The quantitative estimate of drug-likeness (QED) is 0.919. The maximum absolute atomic E-state index is 13.2. The van der Waals surface area contributed by atoms with Gasteiger partial charge in [0.1, 0.15) is 5.82 Å². The normalized spacial score (nSPS) is 18.0. The number of nitrogens with one attached hydrogen (secondary N) is 1. The number of carbonyl (C=O) groups is 1. The number of carbonyl (C=O) groups excluding carboxylic acids is 1. The van der Waals surface area contributed by atoms with Gasteiger partial charge in [-0.05, 0) is 31.2 Å². The zero-order chi connectivity index (χ0) is 18.0. The minimum atomic E-state index is -2.68. The number of nitrogens with zero attached hydrogens (tertiary/aromatic N) is 3. The van der Waals surface area contributed by atoms with Crippen LogP contribution in [0.4, 0.5) is 18.0 Å². The van der Waals surface area contributed by atoms with Crippen LogP contribution in [0.1, 0.15) is 31.4 Å². The van der Waals surface area contributed by atoms with Crippen LogP contribution in [0.15, 0.2) is 36.7 Å². The van der Waals surface area contributed by atoms with Gasteiger partial charge in [0.15, 0.2) is 0 Å². The molecule has 0 spiro atoms. The van der Waals surface area contributed by atoms with Gasteiger partial charge in [0.25, 0.3) is 5.92 Å². The second-order valence-corrected chi connectivity index (χ2v) is 6.21. The van der Waals surface area contributed by atoms with Gasteiger partial charge in [-0.25, -0.2) is 22.6 Å². The molecule has 1 fully saturated rings. The minimum absolute atomic E-state index is 0.0421. The van der Waals surface area contributed by atoms with E-state index in [9.17, 15) is 18.0 Å². The van der Waals surface area contributed by atoms with Gasteiger partial charge in [-0.1, -0.05) is 0 Å². The fraction of sp³-hybridized carbons (Fsp3) is 0.412. The molecule has 0 radical (unpaired) electrons. The van der Waals surface area contributed by atoms with Gasteiger partial charge in [-0.15, -0.1) is 0 Å². The lowest BCUT2D eigenvalue weighted by Gasteiger charge is -2.32. The molecule has 0 bridgehead atoms. The number of likely N-dealkylation sites (tertiary alicyclic amines) is 1. The number of halogens is 3. The van der Waals surface area contributed by atoms with E-state index in [4.69, 9.17) is 0 Å². The van der Waals surface area contributed by atoms with Crippen molar-refractivity contribution in [2.24, 2.45) is 0 Å². The standard InChI is InChI=1S/C17H19F3N4O/c1-12(22-16(25)23-8-6-17(19,20)7-9-23)13-10-21-24(11-13)15-4-2-14(18)3-5-15/h2-5,10-12H,6-9H2,1H3,(H,22,25)/t12-/m1/s1. The first kappa shape index (κ1) is 17.3. The third-order valence-electron chi connectivity index (χ3n) is 4.32. The first-order valence-corrected chi connectivity index (χ1v) is 8.08. The van der Waals surface area contributed by atoms with Crippen molar-refractivity contribution in [3.8, 4) is 5.69 Å². The molecular formula is C17H19F3N4O. The predicted octanol–water partition coefficient (Wildman–Crippen LogP) is 3.51. The molecule has 8 heteroatoms. The number of hydrogen-bond acceptors (Lipinski definition) is 2. The van der Waals surface area contributed by atoms with Crippen molar-refractivity contribution in [2.75, 3.05) is 13.1 Å². The van der Waals surface area contributed by atoms with Gasteiger partial charge in [0.2, 0.25) is 0 Å². The Kier molecular flexibility index (Phi) is 4.69. The van der Waals surface area contributed by atoms with Crippen LogP contribution in [0.2, 0.25) is 0 Å². The summed E-state index contributed by atoms with van der Waals surface area (Å²) in [7, 11) is 0. The summed E-state index contributed by atoms with van der Waals surface area (Å²) in [6.07, 6.45) is 2.73. The van der Waals surface area contributed by atoms with Gasteiger partial charge < -0.3 is 10.2 Å². The van der Waals surface area contributed by atoms with Crippen LogP contribution in [-0.4, -0.2) is 39.7 Å². The number of aromatic nitrogens is 2. The van der Waals surface area contributed by atoms with Gasteiger partial charge >= 0.3 is 6.03 Å². The van der Waals surface area contributed by atoms with Crippen LogP contribution in [-0.2, 0) is 0 Å². The zero-order valence-electron chi connectivity index (χ0n) is 13.8. The zero-order valence-corrected chi connectivity index (χ0v) is 13.8. The number of hydrogen-bond donors (Lipinski definition) is 1. The van der Waals surface area contributed by atoms with Crippen molar-refractivity contribution in [1.29, 1.82) is 0 Å². The lowest BCUT2D eigenvalue weighted by molar-refractivity contribution is -0.0470. The van der Waals surface area contributed by atoms with Crippen LogP contribution in [0.25, 0.3) is 5.69 Å². The summed E-state index contributed by atoms with van der Waals surface area (Å²) < 4.78 is 40.9. The fourth-order valence-corrected chi connectivity index (χ4v) is 2.69. The van der Waals surface area contributed by atoms with Crippen molar-refractivity contribution < 1.29 is 18.0 Å². The number of amides is 2. The molecule has 0 aliphatic carbocycles. The van der Waals surface area contributed by atoms with E-state index in [1.807, 2.05) is 0 Å². The number of benzene rings is 1. The fourth-order valence-electron chi connectivity index (χ4n) is 2.69. The van der Waals surface area contributed by atoms with Crippen LogP contribution >= 0.6 is 0 Å². The molecule has 1 aliphatic rings. The minimum Gasteiger partial charge on any atom is -0.331 e. The number of rotatable bonds is 3. The summed E-state index contributed by atoms with van der Waals surface area (Å²) in [5, 5.41) is 7.00. The molecule has 25 heavy (non-hydrogen) atoms. The Balaban J connectivity index is 1.61. The third kappa shape index (κ3) is 4.12. The topological polar surface area (TPSA) is 50.2 Å². The van der Waals surface area contributed by atoms with E-state index < -0.39 is 5.92 Å². The van der Waals surface area contributed by atoms with Crippen molar-refractivity contribution in [1.82, 2.24) is 20.0 Å². The van der Waals surface area contributed by atoms with E-state index in [1.54, 1.807) is 36.1 Å². The van der Waals surface area contributed by atoms with E-state index in [2.05, 4.69) is 10.4 Å². The van der Waals surface area contributed by atoms with Gasteiger partial charge in [-0.2, -0.15) is 5.10 Å². The van der Waals surface area contributed by atoms with Gasteiger partial charge in [0, 0.05) is 37.7 Å². The molecule has 3 rings (SSSR count). The second-order valence-electron chi connectivity index (χ2n) is 6.21. The molecule has 2 heterocycles. The molecule has 2 amide bonds. The van der Waals surface area contributed by atoms with Crippen LogP contribution in [0, 0.1) is 5.82 Å². The largest absolute Gasteiger partial charge is 0.331 e. The van der Waals surface area contributed by atoms with Crippen molar-refractivity contribution in [3.63, 3.8) is 0 Å². The summed E-state index contributed by atoms with van der Waals surface area (Å²) in [4.78, 5) is 13.6. The van der Waals surface area contributed by atoms with Crippen molar-refractivity contribution in [2.45, 2.75) is 31.7 Å². The first-order valence-electron chi connectivity index (χ1n) is 8.08. The molecule has 5 nitrogen and oxygen atoms in total. The third-order valence-corrected chi connectivity index (χ3v) is 4.32. The Labute approximate surface area is 143 Å². The Morgan fingerprint density at radius 3 is 2.52 bits per heavy atom. The van der Waals surface area contributed by atoms with Gasteiger partial charge in [-0.3, -0.25) is 0 Å².